The molecule has 25 heavy (non-hydrogen) atoms. The summed E-state index contributed by atoms with van der Waals surface area (Å²) >= 11 is 0. The smallest absolute Gasteiger partial charge is 0.303 e. The SMILES string of the molecule is C=CN=C(Nc1ccc(N)c(C=N)c1)c1nc(CCC(=O)O)oc1C. The number of carboxylic acids is 1. The predicted molar refractivity (Wildman–Crippen MR) is 96.3 cm³/mol. The molecule has 0 aliphatic carbocycles. The first kappa shape index (κ1) is 17.9. The third kappa shape index (κ3) is 4.54. The minimum atomic E-state index is -0.920. The quantitative estimate of drug-likeness (QED) is 0.347. The van der Waals surface area contributed by atoms with Gasteiger partial charge in [-0.15, -0.1) is 0 Å². The van der Waals surface area contributed by atoms with Gasteiger partial charge in [-0.2, -0.15) is 0 Å². The van der Waals surface area contributed by atoms with E-state index in [-0.39, 0.29) is 12.8 Å². The molecule has 0 bridgehead atoms. The lowest BCUT2D eigenvalue weighted by molar-refractivity contribution is -0.137. The molecule has 130 valence electrons. The Hall–Kier alpha value is -3.42. The van der Waals surface area contributed by atoms with Gasteiger partial charge in [0.2, 0.25) is 0 Å². The van der Waals surface area contributed by atoms with Crippen molar-refractivity contribution in [3.63, 3.8) is 0 Å². The van der Waals surface area contributed by atoms with Crippen LogP contribution in [0, 0.1) is 12.3 Å². The lowest BCUT2D eigenvalue weighted by Gasteiger charge is -2.09. The van der Waals surface area contributed by atoms with Crippen molar-refractivity contribution in [1.29, 1.82) is 5.41 Å². The van der Waals surface area contributed by atoms with Crippen LogP contribution >= 0.6 is 0 Å². The highest BCUT2D eigenvalue weighted by Crippen LogP contribution is 2.19. The molecule has 5 N–H and O–H groups in total. The number of hydrogen-bond acceptors (Lipinski definition) is 6. The fourth-order valence-electron chi connectivity index (χ4n) is 2.15. The van der Waals surface area contributed by atoms with E-state index in [0.717, 1.165) is 6.21 Å². The standard InChI is InChI=1S/C17H19N5O3/c1-3-20-17(21-12-4-5-13(19)11(8-12)9-18)16-10(2)25-14(22-16)6-7-15(23)24/h3-5,8-9,18H,1,6-7,19H2,2H3,(H,20,21)(H,23,24). The van der Waals surface area contributed by atoms with Gasteiger partial charge in [0.1, 0.15) is 11.5 Å². The second-order valence-electron chi connectivity index (χ2n) is 5.18. The summed E-state index contributed by atoms with van der Waals surface area (Å²) in [5.74, 6) is 0.317. The van der Waals surface area contributed by atoms with Crippen LogP contribution in [0.1, 0.15) is 29.3 Å². The van der Waals surface area contributed by atoms with Gasteiger partial charge < -0.3 is 26.0 Å². The van der Waals surface area contributed by atoms with Crippen molar-refractivity contribution < 1.29 is 14.3 Å². The number of nitrogens with zero attached hydrogens (tertiary/aromatic N) is 2. The zero-order valence-electron chi connectivity index (χ0n) is 13.7. The molecule has 0 spiro atoms. The largest absolute Gasteiger partial charge is 0.481 e. The number of oxazole rings is 1. The molecular weight excluding hydrogens is 322 g/mol. The molecule has 2 rings (SSSR count). The average Bonchev–Trinajstić information content (AvgIpc) is 2.95. The summed E-state index contributed by atoms with van der Waals surface area (Å²) in [4.78, 5) is 19.2. The maximum absolute atomic E-state index is 10.7. The number of nitrogens with two attached hydrogens (primary N) is 1. The third-order valence-corrected chi connectivity index (χ3v) is 3.34. The van der Waals surface area contributed by atoms with Gasteiger partial charge in [0.25, 0.3) is 0 Å². The van der Waals surface area contributed by atoms with Crippen LogP contribution < -0.4 is 11.1 Å². The molecule has 0 aliphatic rings. The number of aromatic nitrogens is 1. The summed E-state index contributed by atoms with van der Waals surface area (Å²) in [6.45, 7) is 5.31. The number of nitrogen functional groups attached to an aromatic ring is 1. The Morgan fingerprint density at radius 3 is 2.96 bits per heavy atom. The van der Waals surface area contributed by atoms with Crippen molar-refractivity contribution in [3.05, 3.63) is 53.9 Å². The Labute approximate surface area is 144 Å². The number of benzene rings is 1. The fourth-order valence-corrected chi connectivity index (χ4v) is 2.15. The Morgan fingerprint density at radius 1 is 1.56 bits per heavy atom. The molecule has 8 nitrogen and oxygen atoms in total. The molecule has 0 atom stereocenters. The molecule has 0 fully saturated rings. The van der Waals surface area contributed by atoms with Crippen LogP contribution in [0.25, 0.3) is 0 Å². The zero-order valence-corrected chi connectivity index (χ0v) is 13.7. The lowest BCUT2D eigenvalue weighted by atomic mass is 10.1. The second kappa shape index (κ2) is 7.91. The molecule has 0 radical (unpaired) electrons. The van der Waals surface area contributed by atoms with Gasteiger partial charge in [0.15, 0.2) is 11.7 Å². The van der Waals surface area contributed by atoms with Crippen molar-refractivity contribution in [2.45, 2.75) is 19.8 Å². The number of rotatable bonds is 7. The number of carboxylic acid groups (broad SMARTS) is 1. The first-order chi connectivity index (χ1) is 11.9. The number of carbonyl (C=O) groups is 1. The van der Waals surface area contributed by atoms with E-state index in [0.29, 0.717) is 40.1 Å². The number of aliphatic carboxylic acids is 1. The molecule has 1 heterocycles. The molecular formula is C17H19N5O3. The van der Waals surface area contributed by atoms with Crippen LogP contribution in [0.4, 0.5) is 11.4 Å². The van der Waals surface area contributed by atoms with E-state index in [4.69, 9.17) is 20.7 Å². The van der Waals surface area contributed by atoms with Gasteiger partial charge in [-0.1, -0.05) is 6.58 Å². The van der Waals surface area contributed by atoms with Gasteiger partial charge in [-0.05, 0) is 25.1 Å². The van der Waals surface area contributed by atoms with Crippen molar-refractivity contribution in [1.82, 2.24) is 4.98 Å². The number of amidine groups is 1. The van der Waals surface area contributed by atoms with Gasteiger partial charge in [0.05, 0.1) is 6.42 Å². The number of aryl methyl sites for hydroxylation is 2. The summed E-state index contributed by atoms with van der Waals surface area (Å²) in [5.41, 5.74) is 7.99. The van der Waals surface area contributed by atoms with Crippen LogP contribution in [0.15, 0.2) is 40.4 Å². The summed E-state index contributed by atoms with van der Waals surface area (Å²) in [7, 11) is 0. The van der Waals surface area contributed by atoms with Crippen LogP contribution in [0.3, 0.4) is 0 Å². The van der Waals surface area contributed by atoms with Crippen LogP contribution in [0.2, 0.25) is 0 Å². The van der Waals surface area contributed by atoms with Gasteiger partial charge in [-0.3, -0.25) is 4.79 Å². The number of anilines is 2. The summed E-state index contributed by atoms with van der Waals surface area (Å²) in [5, 5.41) is 19.2. The molecule has 8 heteroatoms. The highest BCUT2D eigenvalue weighted by atomic mass is 16.4. The minimum absolute atomic E-state index is 0.0680. The van der Waals surface area contributed by atoms with E-state index in [2.05, 4.69) is 21.9 Å². The Morgan fingerprint density at radius 2 is 2.32 bits per heavy atom. The second-order valence-corrected chi connectivity index (χ2v) is 5.18. The van der Waals surface area contributed by atoms with Crippen molar-refractivity contribution in [2.75, 3.05) is 11.1 Å². The van der Waals surface area contributed by atoms with Crippen LogP contribution in [-0.2, 0) is 11.2 Å². The monoisotopic (exact) mass is 341 g/mol. The van der Waals surface area contributed by atoms with E-state index in [1.807, 2.05) is 0 Å². The minimum Gasteiger partial charge on any atom is -0.481 e. The normalized spacial score (nSPS) is 11.2. The number of nitrogens with one attached hydrogen (secondary N) is 2. The number of aliphatic imine (C=N–C) groups is 1. The topological polar surface area (TPSA) is 138 Å². The number of hydrogen-bond donors (Lipinski definition) is 4. The van der Waals surface area contributed by atoms with Crippen LogP contribution in [0.5, 0.6) is 0 Å². The summed E-state index contributed by atoms with van der Waals surface area (Å²) in [6.07, 6.45) is 2.65. The van der Waals surface area contributed by atoms with Crippen molar-refractivity contribution in [2.24, 2.45) is 4.99 Å². The first-order valence-electron chi connectivity index (χ1n) is 7.48. The maximum Gasteiger partial charge on any atom is 0.303 e. The van der Waals surface area contributed by atoms with E-state index in [1.165, 1.54) is 6.20 Å². The van der Waals surface area contributed by atoms with Crippen LogP contribution in [-0.4, -0.2) is 28.1 Å². The lowest BCUT2D eigenvalue weighted by Crippen LogP contribution is -2.15. The fraction of sp³-hybridized carbons (Fsp3) is 0.176. The highest BCUT2D eigenvalue weighted by Gasteiger charge is 2.16. The van der Waals surface area contributed by atoms with Gasteiger partial charge >= 0.3 is 5.97 Å². The van der Waals surface area contributed by atoms with E-state index in [9.17, 15) is 4.79 Å². The highest BCUT2D eigenvalue weighted by molar-refractivity contribution is 6.08. The van der Waals surface area contributed by atoms with Gasteiger partial charge in [0, 0.05) is 35.8 Å². The molecule has 0 saturated heterocycles. The average molecular weight is 341 g/mol. The van der Waals surface area contributed by atoms with E-state index < -0.39 is 5.97 Å². The Bertz CT molecular complexity index is 839. The molecule has 2 aromatic rings. The molecule has 1 aromatic carbocycles. The first-order valence-corrected chi connectivity index (χ1v) is 7.48. The molecule has 0 unspecified atom stereocenters. The molecule has 1 aromatic heterocycles. The summed E-state index contributed by atoms with van der Waals surface area (Å²) in [6, 6.07) is 5.14. The predicted octanol–water partition coefficient (Wildman–Crippen LogP) is 2.58. The Balaban J connectivity index is 2.30. The molecule has 0 aliphatic heterocycles. The van der Waals surface area contributed by atoms with E-state index >= 15 is 0 Å². The van der Waals surface area contributed by atoms with E-state index in [1.54, 1.807) is 25.1 Å². The third-order valence-electron chi connectivity index (χ3n) is 3.34. The molecule has 0 amide bonds. The zero-order chi connectivity index (χ0) is 18.4. The molecule has 0 saturated carbocycles. The van der Waals surface area contributed by atoms with Crippen molar-refractivity contribution >= 4 is 29.4 Å². The Kier molecular flexibility index (Phi) is 5.67. The maximum atomic E-state index is 10.7. The van der Waals surface area contributed by atoms with Gasteiger partial charge in [-0.25, -0.2) is 9.98 Å². The summed E-state index contributed by atoms with van der Waals surface area (Å²) < 4.78 is 5.51. The van der Waals surface area contributed by atoms with Crippen molar-refractivity contribution in [3.8, 4) is 0 Å².